The maximum absolute atomic E-state index is 10.4. The lowest BCUT2D eigenvalue weighted by Gasteiger charge is -2.18. The molecule has 0 fully saturated rings. The van der Waals surface area contributed by atoms with Crippen LogP contribution in [0.3, 0.4) is 0 Å². The molecule has 1 aromatic heterocycles. The highest BCUT2D eigenvalue weighted by Gasteiger charge is 2.24. The second-order valence-corrected chi connectivity index (χ2v) is 7.01. The fourth-order valence-electron chi connectivity index (χ4n) is 2.73. The van der Waals surface area contributed by atoms with Crippen LogP contribution in [0, 0.1) is 0 Å². The van der Waals surface area contributed by atoms with Crippen molar-refractivity contribution in [3.63, 3.8) is 0 Å². The van der Waals surface area contributed by atoms with E-state index in [1.54, 1.807) is 6.20 Å². The van der Waals surface area contributed by atoms with Crippen molar-refractivity contribution >= 4 is 35.3 Å². The molecule has 0 radical (unpaired) electrons. The SMILES string of the molecule is C[C@H]1Nc2nc(ncc2Cl)Nc2cccc(c2)COc2cccc1c2.O=CC(F)(F)F. The van der Waals surface area contributed by atoms with Gasteiger partial charge in [0.1, 0.15) is 17.4 Å². The summed E-state index contributed by atoms with van der Waals surface area (Å²) in [6.45, 7) is 2.55. The van der Waals surface area contributed by atoms with Crippen molar-refractivity contribution in [2.45, 2.75) is 25.7 Å². The van der Waals surface area contributed by atoms with Crippen LogP contribution < -0.4 is 15.4 Å². The molecule has 2 heterocycles. The largest absolute Gasteiger partial charge is 0.489 e. The first-order valence-corrected chi connectivity index (χ1v) is 9.52. The first-order valence-electron chi connectivity index (χ1n) is 9.14. The number of aromatic nitrogens is 2. The number of hydrogen-bond donors (Lipinski definition) is 2. The maximum Gasteiger partial charge on any atom is 0.446 e. The van der Waals surface area contributed by atoms with Gasteiger partial charge in [0.05, 0.1) is 12.2 Å². The van der Waals surface area contributed by atoms with Crippen LogP contribution in [0.25, 0.3) is 0 Å². The van der Waals surface area contributed by atoms with Gasteiger partial charge in [0.25, 0.3) is 0 Å². The van der Waals surface area contributed by atoms with Gasteiger partial charge in [-0.05, 0) is 42.3 Å². The number of carbonyl (C=O) groups is 1. The van der Waals surface area contributed by atoms with Crippen LogP contribution >= 0.6 is 11.6 Å². The second kappa shape index (κ2) is 9.65. The summed E-state index contributed by atoms with van der Waals surface area (Å²) in [5.74, 6) is 1.91. The molecule has 2 aromatic carbocycles. The number of rotatable bonds is 0. The van der Waals surface area contributed by atoms with E-state index >= 15 is 0 Å². The third-order valence-corrected chi connectivity index (χ3v) is 4.45. The third-order valence-electron chi connectivity index (χ3n) is 4.18. The van der Waals surface area contributed by atoms with Gasteiger partial charge < -0.3 is 15.4 Å². The van der Waals surface area contributed by atoms with Gasteiger partial charge >= 0.3 is 6.18 Å². The zero-order chi connectivity index (χ0) is 22.4. The van der Waals surface area contributed by atoms with E-state index in [-0.39, 0.29) is 6.04 Å². The summed E-state index contributed by atoms with van der Waals surface area (Å²) in [7, 11) is 0. The highest BCUT2D eigenvalue weighted by atomic mass is 35.5. The van der Waals surface area contributed by atoms with Gasteiger partial charge in [0, 0.05) is 5.69 Å². The molecular formula is C21H18ClF3N4O2. The molecule has 10 heteroatoms. The lowest BCUT2D eigenvalue weighted by atomic mass is 10.1. The monoisotopic (exact) mass is 450 g/mol. The predicted octanol–water partition coefficient (Wildman–Crippen LogP) is 5.69. The lowest BCUT2D eigenvalue weighted by Crippen LogP contribution is -2.10. The number of anilines is 3. The Morgan fingerprint density at radius 1 is 1.19 bits per heavy atom. The highest BCUT2D eigenvalue weighted by Crippen LogP contribution is 2.28. The molecule has 162 valence electrons. The van der Waals surface area contributed by atoms with Gasteiger partial charge in [0.15, 0.2) is 5.82 Å². The minimum absolute atomic E-state index is 0.0181. The normalized spacial score (nSPS) is 15.1. The minimum Gasteiger partial charge on any atom is -0.489 e. The van der Waals surface area contributed by atoms with E-state index in [4.69, 9.17) is 21.1 Å². The van der Waals surface area contributed by atoms with Gasteiger partial charge in [-0.3, -0.25) is 4.79 Å². The molecule has 0 unspecified atom stereocenters. The van der Waals surface area contributed by atoms with Crippen molar-refractivity contribution in [2.24, 2.45) is 0 Å². The number of alkyl halides is 3. The molecule has 6 bridgehead atoms. The summed E-state index contributed by atoms with van der Waals surface area (Å²) in [6.07, 6.45) is -4.10. The van der Waals surface area contributed by atoms with Gasteiger partial charge in [-0.1, -0.05) is 35.9 Å². The van der Waals surface area contributed by atoms with E-state index in [2.05, 4.69) is 27.5 Å². The summed E-state index contributed by atoms with van der Waals surface area (Å²) in [5, 5.41) is 7.03. The average Bonchev–Trinajstić information content (AvgIpc) is 2.74. The highest BCUT2D eigenvalue weighted by molar-refractivity contribution is 6.32. The third kappa shape index (κ3) is 6.58. The molecule has 0 saturated carbocycles. The smallest absolute Gasteiger partial charge is 0.446 e. The quantitative estimate of drug-likeness (QED) is 0.429. The summed E-state index contributed by atoms with van der Waals surface area (Å²) in [4.78, 5) is 17.5. The van der Waals surface area contributed by atoms with Crippen LogP contribution in [0.2, 0.25) is 5.02 Å². The first kappa shape index (κ1) is 22.4. The van der Waals surface area contributed by atoms with Crippen molar-refractivity contribution in [3.8, 4) is 5.75 Å². The Balaban J connectivity index is 0.000000401. The summed E-state index contributed by atoms with van der Waals surface area (Å²) in [5.41, 5.74) is 3.05. The Bertz CT molecular complexity index is 1060. The standard InChI is InChI=1S/C19H17ClN4O.C2HF3O/c1-12-14-5-3-7-16(9-14)25-11-13-4-2-6-15(8-13)23-19-21-10-17(20)18(22-12)24-19;3-2(4,5)1-6/h2-10,12H,11H2,1H3,(H2,21,22,23,24);1H/t12-;/m1./s1. The Kier molecular flexibility index (Phi) is 6.96. The van der Waals surface area contributed by atoms with Crippen LogP contribution in [-0.4, -0.2) is 22.4 Å². The molecule has 0 aliphatic carbocycles. The number of aldehydes is 1. The molecule has 1 atom stereocenters. The van der Waals surface area contributed by atoms with Crippen molar-refractivity contribution in [1.82, 2.24) is 9.97 Å². The van der Waals surface area contributed by atoms with Crippen LogP contribution in [0.15, 0.2) is 54.7 Å². The molecule has 1 aliphatic rings. The number of benzene rings is 2. The molecule has 0 spiro atoms. The Labute approximate surface area is 181 Å². The van der Waals surface area contributed by atoms with E-state index < -0.39 is 12.5 Å². The Morgan fingerprint density at radius 2 is 1.94 bits per heavy atom. The first-order chi connectivity index (χ1) is 14.7. The van der Waals surface area contributed by atoms with Gasteiger partial charge in [-0.25, -0.2) is 4.98 Å². The summed E-state index contributed by atoms with van der Waals surface area (Å²) in [6, 6.07) is 16.0. The molecule has 6 nitrogen and oxygen atoms in total. The number of carbonyl (C=O) groups excluding carboxylic acids is 1. The van der Waals surface area contributed by atoms with Crippen LogP contribution in [0.1, 0.15) is 24.1 Å². The fraction of sp³-hybridized carbons (Fsp3) is 0.190. The maximum atomic E-state index is 10.4. The van der Waals surface area contributed by atoms with Gasteiger partial charge in [-0.15, -0.1) is 0 Å². The average molecular weight is 451 g/mol. The zero-order valence-corrected chi connectivity index (χ0v) is 17.0. The number of ether oxygens (including phenoxy) is 1. The Morgan fingerprint density at radius 3 is 2.68 bits per heavy atom. The van der Waals surface area contributed by atoms with Crippen LogP contribution in [-0.2, 0) is 11.4 Å². The summed E-state index contributed by atoms with van der Waals surface area (Å²) < 4.78 is 37.2. The number of nitrogens with one attached hydrogen (secondary N) is 2. The van der Waals surface area contributed by atoms with E-state index in [0.717, 1.165) is 22.6 Å². The van der Waals surface area contributed by atoms with E-state index in [0.29, 0.717) is 23.4 Å². The molecule has 3 aromatic rings. The molecule has 2 N–H and O–H groups in total. The van der Waals surface area contributed by atoms with Crippen molar-refractivity contribution < 1.29 is 22.7 Å². The number of halogens is 4. The number of hydrogen-bond acceptors (Lipinski definition) is 6. The summed E-state index contributed by atoms with van der Waals surface area (Å²) >= 11 is 6.26. The van der Waals surface area contributed by atoms with E-state index in [1.165, 1.54) is 0 Å². The van der Waals surface area contributed by atoms with E-state index in [1.807, 2.05) is 48.5 Å². The van der Waals surface area contributed by atoms with Crippen molar-refractivity contribution in [1.29, 1.82) is 0 Å². The van der Waals surface area contributed by atoms with Crippen LogP contribution in [0.5, 0.6) is 5.75 Å². The number of nitrogens with zero attached hydrogens (tertiary/aromatic N) is 2. The van der Waals surface area contributed by atoms with Crippen molar-refractivity contribution in [2.75, 3.05) is 10.6 Å². The van der Waals surface area contributed by atoms with Crippen LogP contribution in [0.4, 0.5) is 30.6 Å². The molecule has 1 aliphatic heterocycles. The fourth-order valence-corrected chi connectivity index (χ4v) is 2.87. The molecular weight excluding hydrogens is 433 g/mol. The molecule has 4 rings (SSSR count). The van der Waals surface area contributed by atoms with Gasteiger partial charge in [0.2, 0.25) is 12.2 Å². The lowest BCUT2D eigenvalue weighted by molar-refractivity contribution is -0.156. The Hall–Kier alpha value is -3.33. The zero-order valence-electron chi connectivity index (χ0n) is 16.3. The molecule has 31 heavy (non-hydrogen) atoms. The molecule has 0 amide bonds. The second-order valence-electron chi connectivity index (χ2n) is 6.60. The van der Waals surface area contributed by atoms with Gasteiger partial charge in [-0.2, -0.15) is 18.2 Å². The van der Waals surface area contributed by atoms with E-state index in [9.17, 15) is 13.2 Å². The minimum atomic E-state index is -4.64. The predicted molar refractivity (Wildman–Crippen MR) is 112 cm³/mol. The topological polar surface area (TPSA) is 76.1 Å². The number of fused-ring (bicyclic) bond motifs is 6. The molecule has 0 saturated heterocycles. The van der Waals surface area contributed by atoms with Crippen molar-refractivity contribution in [3.05, 3.63) is 70.9 Å².